The lowest BCUT2D eigenvalue weighted by Crippen LogP contribution is -2.38. The van der Waals surface area contributed by atoms with Gasteiger partial charge in [-0.2, -0.15) is 23.0 Å². The van der Waals surface area contributed by atoms with E-state index >= 15 is 0 Å². The number of rotatable bonds is 1. The number of aromatic nitrogens is 4. The number of nitrogens with one attached hydrogen (secondary N) is 1. The van der Waals surface area contributed by atoms with Gasteiger partial charge in [-0.25, -0.2) is 9.78 Å². The summed E-state index contributed by atoms with van der Waals surface area (Å²) < 4.78 is 45.6. The summed E-state index contributed by atoms with van der Waals surface area (Å²) in [4.78, 5) is 21.4. The molecule has 0 radical (unpaired) electrons. The van der Waals surface area contributed by atoms with E-state index in [1.807, 2.05) is 31.2 Å². The molecule has 3 aromatic heterocycles. The molecule has 1 aliphatic rings. The average Bonchev–Trinajstić information content (AvgIpc) is 3.11. The number of hydrogen-bond acceptors (Lipinski definition) is 5. The van der Waals surface area contributed by atoms with Crippen LogP contribution in [-0.2, 0) is 17.5 Å². The Hall–Kier alpha value is -3.53. The molecule has 4 aromatic rings. The fourth-order valence-corrected chi connectivity index (χ4v) is 4.14. The van der Waals surface area contributed by atoms with Crippen LogP contribution < -0.4 is 5.32 Å². The quantitative estimate of drug-likeness (QED) is 0.472. The van der Waals surface area contributed by atoms with Crippen LogP contribution in [0.3, 0.4) is 0 Å². The Bertz CT molecular complexity index is 1380. The molecule has 10 heteroatoms. The van der Waals surface area contributed by atoms with E-state index in [1.54, 1.807) is 6.92 Å². The van der Waals surface area contributed by atoms with Gasteiger partial charge in [0, 0.05) is 16.3 Å². The number of alkyl halides is 3. The first-order valence-corrected chi connectivity index (χ1v) is 9.94. The molecular weight excluding hydrogens is 423 g/mol. The summed E-state index contributed by atoms with van der Waals surface area (Å²) in [5.74, 6) is 0. The van der Waals surface area contributed by atoms with Gasteiger partial charge >= 0.3 is 12.2 Å². The third kappa shape index (κ3) is 3.27. The number of halogens is 3. The highest BCUT2D eigenvalue weighted by atomic mass is 19.4. The van der Waals surface area contributed by atoms with E-state index in [-0.39, 0.29) is 18.9 Å². The molecule has 164 valence electrons. The Morgan fingerprint density at radius 2 is 1.91 bits per heavy atom. The highest BCUT2D eigenvalue weighted by Crippen LogP contribution is 2.32. The minimum atomic E-state index is -4.55. The third-order valence-electron chi connectivity index (χ3n) is 5.55. The molecule has 1 aliphatic heterocycles. The van der Waals surface area contributed by atoms with Crippen molar-refractivity contribution in [3.63, 3.8) is 0 Å². The van der Waals surface area contributed by atoms with E-state index in [0.29, 0.717) is 22.5 Å². The summed E-state index contributed by atoms with van der Waals surface area (Å²) in [5, 5.41) is 8.97. The first kappa shape index (κ1) is 20.4. The van der Waals surface area contributed by atoms with E-state index in [0.717, 1.165) is 22.4 Å². The SMILES string of the molecule is Cc1nn(C(=O)N[C@@H]2COCc3nc(C(F)(F)F)ccc32)c2c(C)nc3ccccc3c12. The van der Waals surface area contributed by atoms with Crippen LogP contribution in [0, 0.1) is 13.8 Å². The van der Waals surface area contributed by atoms with Gasteiger partial charge in [-0.15, -0.1) is 0 Å². The molecule has 1 amide bonds. The van der Waals surface area contributed by atoms with Crippen LogP contribution in [-0.4, -0.2) is 32.4 Å². The molecule has 0 bridgehead atoms. The summed E-state index contributed by atoms with van der Waals surface area (Å²) in [6, 6.07) is 8.69. The molecule has 0 spiro atoms. The molecule has 0 aliphatic carbocycles. The summed E-state index contributed by atoms with van der Waals surface area (Å²) in [7, 11) is 0. The van der Waals surface area contributed by atoms with Gasteiger partial charge in [0.2, 0.25) is 0 Å². The van der Waals surface area contributed by atoms with Gasteiger partial charge in [-0.3, -0.25) is 4.98 Å². The Morgan fingerprint density at radius 1 is 1.12 bits per heavy atom. The minimum absolute atomic E-state index is 0.0511. The normalized spacial score (nSPS) is 16.3. The van der Waals surface area contributed by atoms with Crippen LogP contribution in [0.2, 0.25) is 0 Å². The molecule has 32 heavy (non-hydrogen) atoms. The zero-order valence-electron chi connectivity index (χ0n) is 17.2. The molecular formula is C22H18F3N5O2. The van der Waals surface area contributed by atoms with Crippen molar-refractivity contribution in [1.29, 1.82) is 0 Å². The van der Waals surface area contributed by atoms with Crippen molar-refractivity contribution in [1.82, 2.24) is 25.1 Å². The molecule has 1 aromatic carbocycles. The second-order valence-corrected chi connectivity index (χ2v) is 7.68. The van der Waals surface area contributed by atoms with E-state index in [9.17, 15) is 18.0 Å². The van der Waals surface area contributed by atoms with Gasteiger partial charge in [0.15, 0.2) is 0 Å². The molecule has 0 saturated carbocycles. The van der Waals surface area contributed by atoms with E-state index < -0.39 is 23.9 Å². The second kappa shape index (κ2) is 7.27. The summed E-state index contributed by atoms with van der Waals surface area (Å²) in [6.07, 6.45) is -4.55. The summed E-state index contributed by atoms with van der Waals surface area (Å²) >= 11 is 0. The van der Waals surface area contributed by atoms with Gasteiger partial charge in [-0.1, -0.05) is 24.3 Å². The molecule has 0 unspecified atom stereocenters. The van der Waals surface area contributed by atoms with E-state index in [1.165, 1.54) is 10.7 Å². The first-order chi connectivity index (χ1) is 15.2. The maximum atomic E-state index is 13.2. The fraction of sp³-hybridized carbons (Fsp3) is 0.273. The average molecular weight is 441 g/mol. The number of amides is 1. The topological polar surface area (TPSA) is 81.9 Å². The molecule has 1 N–H and O–H groups in total. The first-order valence-electron chi connectivity index (χ1n) is 9.94. The lowest BCUT2D eigenvalue weighted by Gasteiger charge is -2.26. The maximum absolute atomic E-state index is 13.2. The van der Waals surface area contributed by atoms with Gasteiger partial charge < -0.3 is 10.1 Å². The molecule has 1 atom stereocenters. The Kier molecular flexibility index (Phi) is 4.63. The Morgan fingerprint density at radius 3 is 2.69 bits per heavy atom. The van der Waals surface area contributed by atoms with E-state index in [2.05, 4.69) is 20.4 Å². The number of hydrogen-bond donors (Lipinski definition) is 1. The molecule has 4 heterocycles. The highest BCUT2D eigenvalue weighted by Gasteiger charge is 2.34. The van der Waals surface area contributed by atoms with Crippen LogP contribution in [0.4, 0.5) is 18.0 Å². The number of carbonyl (C=O) groups excluding carboxylic acids is 1. The zero-order chi connectivity index (χ0) is 22.6. The number of ether oxygens (including phenoxy) is 1. The Labute approximate surface area is 180 Å². The van der Waals surface area contributed by atoms with Gasteiger partial charge in [0.25, 0.3) is 0 Å². The third-order valence-corrected chi connectivity index (χ3v) is 5.55. The largest absolute Gasteiger partial charge is 0.433 e. The van der Waals surface area contributed by atoms with Crippen molar-refractivity contribution in [2.45, 2.75) is 32.7 Å². The molecule has 5 rings (SSSR count). The smallest absolute Gasteiger partial charge is 0.373 e. The summed E-state index contributed by atoms with van der Waals surface area (Å²) in [5.41, 5.74) is 2.37. The number of aryl methyl sites for hydroxylation is 2. The fourth-order valence-electron chi connectivity index (χ4n) is 4.14. The minimum Gasteiger partial charge on any atom is -0.373 e. The number of benzene rings is 1. The lowest BCUT2D eigenvalue weighted by atomic mass is 10.0. The van der Waals surface area contributed by atoms with Crippen LogP contribution in [0.25, 0.3) is 21.8 Å². The lowest BCUT2D eigenvalue weighted by molar-refractivity contribution is -0.141. The predicted molar refractivity (Wildman–Crippen MR) is 110 cm³/mol. The van der Waals surface area contributed by atoms with Crippen LogP contribution >= 0.6 is 0 Å². The van der Waals surface area contributed by atoms with Crippen molar-refractivity contribution < 1.29 is 22.7 Å². The van der Waals surface area contributed by atoms with Crippen LogP contribution in [0.1, 0.15) is 34.4 Å². The van der Waals surface area contributed by atoms with E-state index in [4.69, 9.17) is 4.74 Å². The second-order valence-electron chi connectivity index (χ2n) is 7.68. The van der Waals surface area contributed by atoms with Crippen molar-refractivity contribution in [2.75, 3.05) is 6.61 Å². The van der Waals surface area contributed by atoms with Crippen LogP contribution in [0.5, 0.6) is 0 Å². The highest BCUT2D eigenvalue weighted by molar-refractivity contribution is 6.08. The van der Waals surface area contributed by atoms with Gasteiger partial charge in [0.05, 0.1) is 41.9 Å². The number of carbonyl (C=O) groups is 1. The number of nitrogens with zero attached hydrogens (tertiary/aromatic N) is 4. The van der Waals surface area contributed by atoms with Gasteiger partial charge in [0.1, 0.15) is 11.2 Å². The van der Waals surface area contributed by atoms with Crippen molar-refractivity contribution in [3.05, 3.63) is 64.7 Å². The van der Waals surface area contributed by atoms with Gasteiger partial charge in [-0.05, 0) is 26.0 Å². The predicted octanol–water partition coefficient (Wildman–Crippen LogP) is 4.44. The zero-order valence-corrected chi connectivity index (χ0v) is 17.2. The Balaban J connectivity index is 1.53. The molecule has 0 fully saturated rings. The van der Waals surface area contributed by atoms with Crippen LogP contribution in [0.15, 0.2) is 36.4 Å². The van der Waals surface area contributed by atoms with Crippen molar-refractivity contribution >= 4 is 27.8 Å². The molecule has 0 saturated heterocycles. The standard InChI is InChI=1S/C22H18F3N5O2/c1-11-19-14-5-3-4-6-15(14)26-12(2)20(19)30(29-11)21(31)28-17-10-32-9-16-13(17)7-8-18(27-16)22(23,24)25/h3-8,17H,9-10H2,1-2H3,(H,28,31)/t17-/m1/s1. The monoisotopic (exact) mass is 441 g/mol. The molecule has 7 nitrogen and oxygen atoms in total. The van der Waals surface area contributed by atoms with Crippen molar-refractivity contribution in [2.24, 2.45) is 0 Å². The number of pyridine rings is 2. The summed E-state index contributed by atoms with van der Waals surface area (Å²) in [6.45, 7) is 3.69. The maximum Gasteiger partial charge on any atom is 0.433 e. The number of para-hydroxylation sites is 1. The number of fused-ring (bicyclic) bond motifs is 4. The van der Waals surface area contributed by atoms with Crippen molar-refractivity contribution in [3.8, 4) is 0 Å².